The number of carbonyl (C=O) groups excluding carboxylic acids is 3. The molecule has 0 saturated carbocycles. The van der Waals surface area contributed by atoms with Gasteiger partial charge in [0, 0.05) is 37.7 Å². The highest BCUT2D eigenvalue weighted by atomic mass is 35.5. The van der Waals surface area contributed by atoms with Crippen LogP contribution in [0, 0.1) is 23.6 Å². The van der Waals surface area contributed by atoms with Gasteiger partial charge in [0.25, 0.3) is 11.8 Å². The van der Waals surface area contributed by atoms with Crippen molar-refractivity contribution in [3.05, 3.63) is 82.1 Å². The average Bonchev–Trinajstić information content (AvgIpc) is 4.10. The van der Waals surface area contributed by atoms with Crippen LogP contribution >= 0.6 is 53.9 Å². The van der Waals surface area contributed by atoms with Gasteiger partial charge in [0.05, 0.1) is 43.6 Å². The molecule has 19 nitrogen and oxygen atoms in total. The Balaban J connectivity index is 0.000000217. The fourth-order valence-electron chi connectivity index (χ4n) is 7.51. The Morgan fingerprint density at radius 2 is 1.82 bits per heavy atom. The molecule has 3 aliphatic rings. The van der Waals surface area contributed by atoms with Crippen molar-refractivity contribution in [3.8, 4) is 18.1 Å². The van der Waals surface area contributed by atoms with Crippen LogP contribution < -0.4 is 24.7 Å². The molecule has 0 aliphatic carbocycles. The molecule has 71 heavy (non-hydrogen) atoms. The van der Waals surface area contributed by atoms with E-state index in [1.54, 1.807) is 38.2 Å². The van der Waals surface area contributed by atoms with Crippen LogP contribution in [0.15, 0.2) is 58.1 Å². The molecular weight excluding hydrogens is 1030 g/mol. The van der Waals surface area contributed by atoms with E-state index in [9.17, 15) is 28.1 Å². The summed E-state index contributed by atoms with van der Waals surface area (Å²) >= 11 is 18.1. The van der Waals surface area contributed by atoms with Gasteiger partial charge in [-0.1, -0.05) is 75.0 Å². The SMILES string of the molecule is C#CCN1C(=O)COc2cc(F)c(/N=c3\snc4n3CC(C)(C)C4)cc21.CC1(C)OC(c2ccco2)CN1C(=O)C(Cl)Cl.CCc1cccc(CC)c1N(COC)C(=O)CCl.O=C(O)CNCP(=O)(O)O. The van der Waals surface area contributed by atoms with E-state index in [-0.39, 0.29) is 60.7 Å². The largest absolute Gasteiger partial charge is 0.481 e. The first-order valence-corrected chi connectivity index (χ1v) is 25.9. The third kappa shape index (κ3) is 16.3. The number of carboxylic acid groups (broad SMARTS) is 1. The molecule has 1 fully saturated rings. The maximum Gasteiger partial charge on any atom is 0.339 e. The fraction of sp³-hybridized carbons (Fsp3) is 0.478. The van der Waals surface area contributed by atoms with E-state index in [2.05, 4.69) is 48.3 Å². The monoisotopic (exact) mass is 1090 g/mol. The van der Waals surface area contributed by atoms with Gasteiger partial charge in [0.2, 0.25) is 10.7 Å². The molecule has 388 valence electrons. The maximum atomic E-state index is 14.5. The first-order chi connectivity index (χ1) is 33.4. The molecular formula is C46H58Cl3FN7O12PS. The number of terminal acetylenes is 1. The number of benzene rings is 2. The minimum absolute atomic E-state index is 0.0371. The molecule has 0 spiro atoms. The zero-order valence-corrected chi connectivity index (χ0v) is 44.2. The number of aliphatic carboxylic acids is 1. The number of rotatable bonds is 14. The summed E-state index contributed by atoms with van der Waals surface area (Å²) in [5.41, 5.74) is 3.18. The van der Waals surface area contributed by atoms with E-state index in [1.165, 1.54) is 33.5 Å². The number of para-hydroxylation sites is 1. The predicted molar refractivity (Wildman–Crippen MR) is 268 cm³/mol. The highest BCUT2D eigenvalue weighted by molar-refractivity contribution is 7.51. The lowest BCUT2D eigenvalue weighted by Gasteiger charge is -2.29. The Labute approximate surface area is 430 Å². The van der Waals surface area contributed by atoms with Crippen molar-refractivity contribution in [1.82, 2.24) is 19.2 Å². The number of aryl methyl sites for hydroxylation is 2. The molecule has 1 atom stereocenters. The van der Waals surface area contributed by atoms with Crippen LogP contribution in [-0.2, 0) is 59.0 Å². The van der Waals surface area contributed by atoms with Crippen LogP contribution in [0.1, 0.15) is 70.4 Å². The molecule has 25 heteroatoms. The zero-order chi connectivity index (χ0) is 52.8. The first-order valence-electron chi connectivity index (χ1n) is 21.9. The van der Waals surface area contributed by atoms with Gasteiger partial charge in [-0.15, -0.1) is 18.0 Å². The molecule has 4 aromatic rings. The van der Waals surface area contributed by atoms with Gasteiger partial charge in [-0.05, 0) is 61.4 Å². The second-order valence-corrected chi connectivity index (χ2v) is 20.9. The van der Waals surface area contributed by atoms with Gasteiger partial charge in [0.1, 0.15) is 47.5 Å². The highest BCUT2D eigenvalue weighted by Crippen LogP contribution is 2.39. The number of fused-ring (bicyclic) bond motifs is 2. The predicted octanol–water partition coefficient (Wildman–Crippen LogP) is 6.76. The van der Waals surface area contributed by atoms with Crippen LogP contribution in [0.5, 0.6) is 5.75 Å². The van der Waals surface area contributed by atoms with Crippen molar-refractivity contribution in [1.29, 1.82) is 0 Å². The minimum Gasteiger partial charge on any atom is -0.481 e. The number of methoxy groups -OCH3 is 1. The van der Waals surface area contributed by atoms with E-state index < -0.39 is 42.8 Å². The third-order valence-corrected chi connectivity index (χ3v) is 12.7. The van der Waals surface area contributed by atoms with Crippen molar-refractivity contribution in [2.75, 3.05) is 62.0 Å². The summed E-state index contributed by atoms with van der Waals surface area (Å²) in [7, 11) is -2.52. The van der Waals surface area contributed by atoms with E-state index in [0.717, 1.165) is 48.4 Å². The number of ether oxygens (including phenoxy) is 3. The number of aromatic nitrogens is 2. The van der Waals surface area contributed by atoms with Gasteiger partial charge in [-0.3, -0.25) is 38.9 Å². The maximum absolute atomic E-state index is 14.5. The number of anilines is 2. The molecule has 4 N–H and O–H groups in total. The van der Waals surface area contributed by atoms with E-state index in [4.69, 9.17) is 74.7 Å². The second kappa shape index (κ2) is 26.2. The van der Waals surface area contributed by atoms with Crippen LogP contribution in [0.4, 0.5) is 21.5 Å². The summed E-state index contributed by atoms with van der Waals surface area (Å²) in [5, 5.41) is 10.1. The summed E-state index contributed by atoms with van der Waals surface area (Å²) in [4.78, 5) is 70.6. The summed E-state index contributed by atoms with van der Waals surface area (Å²) in [6, 6.07) is 12.5. The third-order valence-electron chi connectivity index (χ3n) is 10.7. The molecule has 0 radical (unpaired) electrons. The Morgan fingerprint density at radius 1 is 1.14 bits per heavy atom. The molecule has 1 saturated heterocycles. The molecule has 5 heterocycles. The number of amides is 3. The normalized spacial score (nSPS) is 16.5. The van der Waals surface area contributed by atoms with E-state index in [1.807, 2.05) is 28.8 Å². The number of carboxylic acids is 1. The van der Waals surface area contributed by atoms with Crippen molar-refractivity contribution in [3.63, 3.8) is 0 Å². The molecule has 2 aromatic heterocycles. The van der Waals surface area contributed by atoms with Gasteiger partial charge in [-0.2, -0.15) is 4.37 Å². The lowest BCUT2D eigenvalue weighted by atomic mass is 9.92. The molecule has 3 amide bonds. The standard InChI is InChI=1S/C18H17FN4O2S.C14H20ClNO2.C11H13Cl2NO3.C3H8NO5P/c1-4-5-22-13-7-12(11(19)6-14(13)25-9-16(22)24)20-17-23-10-18(2,3)8-15(23)21-26-17;1-4-11-7-6-8-12(5-2)14(11)16(10-18-3)13(17)9-15;1-11(2)14(10(15)9(12)13)6-8(17-11)7-4-3-5-16-7;5-3(6)1-4-2-10(7,8)9/h1,6-7H,5,8-10H2,2-3H3;6-8H,4-5,9-10H2,1-3H3;3-5,8-9H,6H2,1-2H3;4H,1-2H2,(H,5,6)(H2,7,8,9)/b20-17-;;;. The van der Waals surface area contributed by atoms with Crippen LogP contribution in [0.3, 0.4) is 0 Å². The van der Waals surface area contributed by atoms with Gasteiger partial charge in [-0.25, -0.2) is 9.38 Å². The van der Waals surface area contributed by atoms with Crippen LogP contribution in [-0.4, -0.2) is 115 Å². The van der Waals surface area contributed by atoms with Crippen molar-refractivity contribution in [2.45, 2.75) is 84.0 Å². The topological polar surface area (TPSA) is 239 Å². The number of hydrogen-bond acceptors (Lipinski definition) is 13. The average molecular weight is 1090 g/mol. The van der Waals surface area contributed by atoms with Crippen molar-refractivity contribution < 1.29 is 61.7 Å². The number of nitrogens with zero attached hydrogens (tertiary/aromatic N) is 6. The minimum atomic E-state index is -4.10. The summed E-state index contributed by atoms with van der Waals surface area (Å²) in [6.07, 6.45) is 8.66. The lowest BCUT2D eigenvalue weighted by molar-refractivity contribution is -0.144. The molecule has 1 unspecified atom stereocenters. The number of nitrogens with one attached hydrogen (secondary N) is 1. The Kier molecular flexibility index (Phi) is 21.7. The van der Waals surface area contributed by atoms with Crippen LogP contribution in [0.2, 0.25) is 0 Å². The van der Waals surface area contributed by atoms with Crippen molar-refractivity contribution >= 4 is 94.7 Å². The van der Waals surface area contributed by atoms with Gasteiger partial charge in [0.15, 0.2) is 17.3 Å². The summed E-state index contributed by atoms with van der Waals surface area (Å²) in [5.74, 6) is 1.94. The van der Waals surface area contributed by atoms with Crippen molar-refractivity contribution in [2.24, 2.45) is 10.4 Å². The summed E-state index contributed by atoms with van der Waals surface area (Å²) in [6.45, 7) is 13.0. The van der Waals surface area contributed by atoms with Crippen LogP contribution in [0.25, 0.3) is 0 Å². The Morgan fingerprint density at radius 3 is 2.37 bits per heavy atom. The highest BCUT2D eigenvalue weighted by Gasteiger charge is 2.45. The number of carbonyl (C=O) groups is 4. The second-order valence-electron chi connectivity index (χ2n) is 17.1. The van der Waals surface area contributed by atoms with E-state index in [0.29, 0.717) is 28.5 Å². The quantitative estimate of drug-likeness (QED) is 0.0442. The van der Waals surface area contributed by atoms with Gasteiger partial charge >= 0.3 is 13.6 Å². The number of furan rings is 1. The van der Waals surface area contributed by atoms with Gasteiger partial charge < -0.3 is 43.0 Å². The Hall–Kier alpha value is -4.85. The fourth-order valence-corrected chi connectivity index (χ4v) is 9.05. The number of hydrogen-bond donors (Lipinski definition) is 4. The molecule has 3 aliphatic heterocycles. The molecule has 2 aromatic carbocycles. The lowest BCUT2D eigenvalue weighted by Crippen LogP contribution is -2.45. The molecule has 7 rings (SSSR count). The Bertz CT molecular complexity index is 2630. The smallest absolute Gasteiger partial charge is 0.339 e. The first kappa shape index (κ1) is 58.7. The summed E-state index contributed by atoms with van der Waals surface area (Å²) < 4.78 is 52.5. The number of alkyl halides is 3. The number of halogens is 4. The van der Waals surface area contributed by atoms with E-state index >= 15 is 0 Å². The molecule has 0 bridgehead atoms. The zero-order valence-electron chi connectivity index (χ0n) is 40.2.